The fourth-order valence-corrected chi connectivity index (χ4v) is 2.42. The summed E-state index contributed by atoms with van der Waals surface area (Å²) in [5, 5.41) is 2.88. The van der Waals surface area contributed by atoms with E-state index in [1.807, 2.05) is 37.3 Å². The van der Waals surface area contributed by atoms with E-state index in [0.717, 1.165) is 24.1 Å². The zero-order valence-corrected chi connectivity index (χ0v) is 14.5. The summed E-state index contributed by atoms with van der Waals surface area (Å²) >= 11 is 0. The number of benzene rings is 2. The van der Waals surface area contributed by atoms with Crippen LogP contribution in [0.25, 0.3) is 0 Å². The molecule has 0 saturated heterocycles. The van der Waals surface area contributed by atoms with Gasteiger partial charge in [-0.05, 0) is 48.6 Å². The minimum absolute atomic E-state index is 0.0790. The molecular weight excluding hydrogens is 300 g/mol. The molecule has 0 saturated carbocycles. The van der Waals surface area contributed by atoms with Gasteiger partial charge in [-0.1, -0.05) is 37.3 Å². The van der Waals surface area contributed by atoms with Gasteiger partial charge in [0.15, 0.2) is 0 Å². The van der Waals surface area contributed by atoms with Gasteiger partial charge >= 0.3 is 0 Å². The summed E-state index contributed by atoms with van der Waals surface area (Å²) in [4.78, 5) is 11.7. The van der Waals surface area contributed by atoms with Crippen molar-refractivity contribution < 1.29 is 9.53 Å². The lowest BCUT2D eigenvalue weighted by Crippen LogP contribution is -2.24. The average molecular weight is 326 g/mol. The summed E-state index contributed by atoms with van der Waals surface area (Å²) in [5.41, 5.74) is 10.1. The zero-order valence-electron chi connectivity index (χ0n) is 14.5. The van der Waals surface area contributed by atoms with E-state index in [-0.39, 0.29) is 5.91 Å². The number of hydrogen-bond acceptors (Lipinski definition) is 3. The van der Waals surface area contributed by atoms with Crippen molar-refractivity contribution in [3.63, 3.8) is 0 Å². The molecule has 0 atom stereocenters. The van der Waals surface area contributed by atoms with E-state index in [4.69, 9.17) is 10.5 Å². The lowest BCUT2D eigenvalue weighted by Gasteiger charge is -2.12. The van der Waals surface area contributed by atoms with Crippen molar-refractivity contribution in [2.24, 2.45) is 0 Å². The van der Waals surface area contributed by atoms with E-state index in [1.54, 1.807) is 0 Å². The van der Waals surface area contributed by atoms with Crippen molar-refractivity contribution in [2.75, 3.05) is 12.3 Å². The van der Waals surface area contributed by atoms with Crippen LogP contribution in [0, 0.1) is 6.92 Å². The van der Waals surface area contributed by atoms with E-state index >= 15 is 0 Å². The molecule has 4 heteroatoms. The maximum atomic E-state index is 11.7. The highest BCUT2D eigenvalue weighted by atomic mass is 16.5. The molecule has 2 aromatic carbocycles. The Morgan fingerprint density at radius 2 is 2.00 bits per heavy atom. The van der Waals surface area contributed by atoms with Crippen molar-refractivity contribution >= 4 is 11.6 Å². The molecule has 0 radical (unpaired) electrons. The number of anilines is 1. The van der Waals surface area contributed by atoms with Gasteiger partial charge in [0.25, 0.3) is 0 Å². The minimum atomic E-state index is 0.0790. The first-order chi connectivity index (χ1) is 11.6. The molecule has 24 heavy (non-hydrogen) atoms. The highest BCUT2D eigenvalue weighted by molar-refractivity contribution is 5.76. The van der Waals surface area contributed by atoms with Gasteiger partial charge in [-0.3, -0.25) is 4.79 Å². The van der Waals surface area contributed by atoms with Crippen molar-refractivity contribution in [3.8, 4) is 5.75 Å². The van der Waals surface area contributed by atoms with E-state index in [9.17, 15) is 4.79 Å². The summed E-state index contributed by atoms with van der Waals surface area (Å²) in [5.74, 6) is 0.757. The monoisotopic (exact) mass is 326 g/mol. The zero-order chi connectivity index (χ0) is 17.4. The van der Waals surface area contributed by atoms with Gasteiger partial charge in [0.05, 0.1) is 5.69 Å². The van der Waals surface area contributed by atoms with Crippen LogP contribution in [0.1, 0.15) is 36.5 Å². The SMILES string of the molecule is CCCNC(=O)CCc1ccc(OCc2ccccc2C)c(N)c1. The Kier molecular flexibility index (Phi) is 6.67. The van der Waals surface area contributed by atoms with E-state index < -0.39 is 0 Å². The summed E-state index contributed by atoms with van der Waals surface area (Å²) in [6, 6.07) is 13.9. The molecule has 2 aromatic rings. The largest absolute Gasteiger partial charge is 0.487 e. The number of nitrogens with two attached hydrogens (primary N) is 1. The van der Waals surface area contributed by atoms with Gasteiger partial charge in [-0.15, -0.1) is 0 Å². The number of amides is 1. The molecule has 0 unspecified atom stereocenters. The molecule has 0 heterocycles. The summed E-state index contributed by atoms with van der Waals surface area (Å²) in [6.07, 6.45) is 2.10. The summed E-state index contributed by atoms with van der Waals surface area (Å²) in [6.45, 7) is 5.33. The maximum absolute atomic E-state index is 11.7. The number of carbonyl (C=O) groups excluding carboxylic acids is 1. The van der Waals surface area contributed by atoms with Crippen molar-refractivity contribution in [3.05, 3.63) is 59.2 Å². The molecule has 1 amide bonds. The molecule has 0 fully saturated rings. The quantitative estimate of drug-likeness (QED) is 0.728. The fourth-order valence-electron chi connectivity index (χ4n) is 2.42. The third kappa shape index (κ3) is 5.30. The Morgan fingerprint density at radius 1 is 1.21 bits per heavy atom. The van der Waals surface area contributed by atoms with Crippen LogP contribution in [0.3, 0.4) is 0 Å². The lowest BCUT2D eigenvalue weighted by atomic mass is 10.1. The number of ether oxygens (including phenoxy) is 1. The molecule has 0 aliphatic carbocycles. The molecular formula is C20H26N2O2. The summed E-state index contributed by atoms with van der Waals surface area (Å²) < 4.78 is 5.83. The highest BCUT2D eigenvalue weighted by Gasteiger charge is 2.06. The van der Waals surface area contributed by atoms with Crippen LogP contribution in [-0.4, -0.2) is 12.5 Å². The smallest absolute Gasteiger partial charge is 0.220 e. The first-order valence-electron chi connectivity index (χ1n) is 8.42. The van der Waals surface area contributed by atoms with Crippen LogP contribution >= 0.6 is 0 Å². The third-order valence-corrected chi connectivity index (χ3v) is 3.93. The Balaban J connectivity index is 1.90. The predicted molar refractivity (Wildman–Crippen MR) is 98.0 cm³/mol. The first-order valence-corrected chi connectivity index (χ1v) is 8.42. The van der Waals surface area contributed by atoms with Crippen molar-refractivity contribution in [1.29, 1.82) is 0 Å². The Labute approximate surface area is 144 Å². The van der Waals surface area contributed by atoms with E-state index in [1.165, 1.54) is 5.56 Å². The van der Waals surface area contributed by atoms with Gasteiger partial charge in [0.2, 0.25) is 5.91 Å². The van der Waals surface area contributed by atoms with Crippen LogP contribution in [0.4, 0.5) is 5.69 Å². The highest BCUT2D eigenvalue weighted by Crippen LogP contribution is 2.24. The number of nitrogen functional groups attached to an aromatic ring is 1. The van der Waals surface area contributed by atoms with Gasteiger partial charge in [0, 0.05) is 13.0 Å². The molecule has 0 aliphatic rings. The van der Waals surface area contributed by atoms with Crippen LogP contribution in [-0.2, 0) is 17.8 Å². The first kappa shape index (κ1) is 17.9. The lowest BCUT2D eigenvalue weighted by molar-refractivity contribution is -0.121. The average Bonchev–Trinajstić information content (AvgIpc) is 2.58. The fraction of sp³-hybridized carbons (Fsp3) is 0.350. The maximum Gasteiger partial charge on any atom is 0.220 e. The minimum Gasteiger partial charge on any atom is -0.487 e. The van der Waals surface area contributed by atoms with Crippen molar-refractivity contribution in [2.45, 2.75) is 39.7 Å². The molecule has 0 aliphatic heterocycles. The summed E-state index contributed by atoms with van der Waals surface area (Å²) in [7, 11) is 0. The standard InChI is InChI=1S/C20H26N2O2/c1-3-12-22-20(23)11-9-16-8-10-19(18(21)13-16)24-14-17-7-5-4-6-15(17)2/h4-8,10,13H,3,9,11-12,14,21H2,1-2H3,(H,22,23). The number of hydrogen-bond donors (Lipinski definition) is 2. The second-order valence-corrected chi connectivity index (χ2v) is 5.94. The van der Waals surface area contributed by atoms with Gasteiger partial charge in [0.1, 0.15) is 12.4 Å². The van der Waals surface area contributed by atoms with Gasteiger partial charge in [-0.25, -0.2) is 0 Å². The Morgan fingerprint density at radius 3 is 2.71 bits per heavy atom. The number of aryl methyl sites for hydroxylation is 2. The van der Waals surface area contributed by atoms with Gasteiger partial charge < -0.3 is 15.8 Å². The predicted octanol–water partition coefficient (Wildman–Crippen LogP) is 3.62. The number of carbonyl (C=O) groups is 1. The second-order valence-electron chi connectivity index (χ2n) is 5.94. The molecule has 4 nitrogen and oxygen atoms in total. The van der Waals surface area contributed by atoms with Crippen LogP contribution in [0.15, 0.2) is 42.5 Å². The third-order valence-electron chi connectivity index (χ3n) is 3.93. The second kappa shape index (κ2) is 8.96. The molecule has 0 bridgehead atoms. The molecule has 128 valence electrons. The Bertz CT molecular complexity index is 683. The van der Waals surface area contributed by atoms with Crippen LogP contribution < -0.4 is 15.8 Å². The molecule has 0 spiro atoms. The van der Waals surface area contributed by atoms with Gasteiger partial charge in [-0.2, -0.15) is 0 Å². The van der Waals surface area contributed by atoms with Crippen LogP contribution in [0.5, 0.6) is 5.75 Å². The van der Waals surface area contributed by atoms with E-state index in [2.05, 4.69) is 24.4 Å². The van der Waals surface area contributed by atoms with Crippen LogP contribution in [0.2, 0.25) is 0 Å². The number of rotatable bonds is 8. The van der Waals surface area contributed by atoms with E-state index in [0.29, 0.717) is 30.9 Å². The van der Waals surface area contributed by atoms with Crippen molar-refractivity contribution in [1.82, 2.24) is 5.32 Å². The Hall–Kier alpha value is -2.49. The molecule has 0 aromatic heterocycles. The molecule has 2 rings (SSSR count). The number of nitrogens with one attached hydrogen (secondary N) is 1. The topological polar surface area (TPSA) is 64.3 Å². The molecule has 3 N–H and O–H groups in total. The normalized spacial score (nSPS) is 10.4.